The topological polar surface area (TPSA) is 75.6 Å². The smallest absolute Gasteiger partial charge is 0.338 e. The average Bonchev–Trinajstić information content (AvgIpc) is 2.56. The molecule has 0 heterocycles. The number of carbonyl (C=O) groups excluding carboxylic acids is 2. The van der Waals surface area contributed by atoms with Gasteiger partial charge in [-0.2, -0.15) is 0 Å². The number of anilines is 1. The second-order valence-electron chi connectivity index (χ2n) is 5.08. The molecule has 0 saturated heterocycles. The van der Waals surface area contributed by atoms with Crippen LogP contribution in [0.2, 0.25) is 0 Å². The van der Waals surface area contributed by atoms with Crippen LogP contribution in [-0.2, 0) is 16.1 Å². The molecule has 5 nitrogen and oxygen atoms in total. The number of hydrogen-bond acceptors (Lipinski definition) is 4. The Morgan fingerprint density at radius 2 is 1.71 bits per heavy atom. The van der Waals surface area contributed by atoms with Gasteiger partial charge in [0.1, 0.15) is 0 Å². The molecule has 0 aromatic heterocycles. The van der Waals surface area contributed by atoms with Gasteiger partial charge in [-0.15, -0.1) is 0 Å². The van der Waals surface area contributed by atoms with Gasteiger partial charge in [0.05, 0.1) is 17.9 Å². The van der Waals surface area contributed by atoms with Crippen molar-refractivity contribution in [3.8, 4) is 0 Å². The molecule has 2 aromatic carbocycles. The van der Waals surface area contributed by atoms with Crippen molar-refractivity contribution < 1.29 is 19.4 Å². The lowest BCUT2D eigenvalue weighted by Gasteiger charge is -2.11. The number of aliphatic hydroxyl groups excluding tert-OH is 1. The summed E-state index contributed by atoms with van der Waals surface area (Å²) in [4.78, 5) is 23.9. The van der Waals surface area contributed by atoms with E-state index in [0.29, 0.717) is 16.8 Å². The molecule has 24 heavy (non-hydrogen) atoms. The zero-order valence-electron chi connectivity index (χ0n) is 12.8. The number of ether oxygens (including phenoxy) is 1. The van der Waals surface area contributed by atoms with Crippen LogP contribution in [0.4, 0.5) is 5.69 Å². The molecule has 126 valence electrons. The Kier molecular flexibility index (Phi) is 6.53. The third kappa shape index (κ3) is 4.90. The summed E-state index contributed by atoms with van der Waals surface area (Å²) in [7, 11) is 0. The predicted octanol–water partition coefficient (Wildman–Crippen LogP) is 3.81. The maximum Gasteiger partial charge on any atom is 0.338 e. The quantitative estimate of drug-likeness (QED) is 0.671. The minimum absolute atomic E-state index is 0.0992. The van der Waals surface area contributed by atoms with E-state index in [9.17, 15) is 9.59 Å². The molecule has 0 fully saturated rings. The van der Waals surface area contributed by atoms with Gasteiger partial charge in [-0.05, 0) is 74.2 Å². The summed E-state index contributed by atoms with van der Waals surface area (Å²) >= 11 is 6.77. The second-order valence-corrected chi connectivity index (χ2v) is 6.79. The number of amides is 1. The first-order valence-electron chi connectivity index (χ1n) is 7.03. The standard InChI is InChI=1S/C17H15Br2NO4/c1-10-6-13(18)16(14(19)7-10)20-15(22)9-24-17(23)12-4-2-11(8-21)3-5-12/h2-7,21H,8-9H2,1H3,(H,20,22). The summed E-state index contributed by atoms with van der Waals surface area (Å²) in [5, 5.41) is 11.7. The van der Waals surface area contributed by atoms with Gasteiger partial charge >= 0.3 is 5.97 Å². The maximum absolute atomic E-state index is 12.0. The Labute approximate surface area is 156 Å². The number of carbonyl (C=O) groups is 2. The molecule has 0 aliphatic carbocycles. The molecule has 2 N–H and O–H groups in total. The fraction of sp³-hybridized carbons (Fsp3) is 0.176. The summed E-state index contributed by atoms with van der Waals surface area (Å²) in [5.41, 5.74) is 2.62. The van der Waals surface area contributed by atoms with Gasteiger partial charge in [-0.25, -0.2) is 4.79 Å². The Bertz CT molecular complexity index is 737. The highest BCUT2D eigenvalue weighted by Crippen LogP contribution is 2.32. The van der Waals surface area contributed by atoms with Crippen LogP contribution in [0, 0.1) is 6.92 Å². The van der Waals surface area contributed by atoms with Crippen LogP contribution in [0.1, 0.15) is 21.5 Å². The Morgan fingerprint density at radius 3 is 2.25 bits per heavy atom. The number of aliphatic hydroxyl groups is 1. The van der Waals surface area contributed by atoms with E-state index < -0.39 is 18.5 Å². The van der Waals surface area contributed by atoms with Crippen molar-refractivity contribution in [2.45, 2.75) is 13.5 Å². The number of aryl methyl sites for hydroxylation is 1. The molecular formula is C17H15Br2NO4. The van der Waals surface area contributed by atoms with Crippen molar-refractivity contribution in [3.05, 3.63) is 62.0 Å². The highest BCUT2D eigenvalue weighted by molar-refractivity contribution is 9.11. The maximum atomic E-state index is 12.0. The van der Waals surface area contributed by atoms with Gasteiger partial charge in [0, 0.05) is 8.95 Å². The number of rotatable bonds is 5. The number of esters is 1. The molecule has 0 bridgehead atoms. The van der Waals surface area contributed by atoms with Crippen molar-refractivity contribution in [1.29, 1.82) is 0 Å². The molecule has 0 spiro atoms. The molecular weight excluding hydrogens is 442 g/mol. The van der Waals surface area contributed by atoms with Crippen molar-refractivity contribution in [1.82, 2.24) is 0 Å². The third-order valence-corrected chi connectivity index (χ3v) is 4.41. The fourth-order valence-electron chi connectivity index (χ4n) is 1.96. The Morgan fingerprint density at radius 1 is 1.12 bits per heavy atom. The van der Waals surface area contributed by atoms with Gasteiger partial charge in [-0.3, -0.25) is 4.79 Å². The van der Waals surface area contributed by atoms with Crippen molar-refractivity contribution in [3.63, 3.8) is 0 Å². The molecule has 2 rings (SSSR count). The summed E-state index contributed by atoms with van der Waals surface area (Å²) in [6.45, 7) is 1.44. The summed E-state index contributed by atoms with van der Waals surface area (Å²) < 4.78 is 6.46. The molecule has 0 saturated carbocycles. The van der Waals surface area contributed by atoms with Crippen LogP contribution >= 0.6 is 31.9 Å². The predicted molar refractivity (Wildman–Crippen MR) is 97.9 cm³/mol. The monoisotopic (exact) mass is 455 g/mol. The van der Waals surface area contributed by atoms with Crippen LogP contribution in [0.5, 0.6) is 0 Å². The lowest BCUT2D eigenvalue weighted by molar-refractivity contribution is -0.119. The third-order valence-electron chi connectivity index (χ3n) is 3.16. The molecule has 0 aliphatic rings. The van der Waals surface area contributed by atoms with Crippen molar-refractivity contribution >= 4 is 49.4 Å². The van der Waals surface area contributed by atoms with Gasteiger partial charge in [0.25, 0.3) is 5.91 Å². The molecule has 1 amide bonds. The summed E-state index contributed by atoms with van der Waals surface area (Å²) in [6, 6.07) is 10.1. The Hall–Kier alpha value is -1.70. The zero-order chi connectivity index (χ0) is 17.7. The number of hydrogen-bond donors (Lipinski definition) is 2. The van der Waals surface area contributed by atoms with Gasteiger partial charge < -0.3 is 15.2 Å². The number of halogens is 2. The van der Waals surface area contributed by atoms with Gasteiger partial charge in [-0.1, -0.05) is 12.1 Å². The van der Waals surface area contributed by atoms with Crippen molar-refractivity contribution in [2.24, 2.45) is 0 Å². The highest BCUT2D eigenvalue weighted by atomic mass is 79.9. The van der Waals surface area contributed by atoms with Crippen molar-refractivity contribution in [2.75, 3.05) is 11.9 Å². The molecule has 2 aromatic rings. The fourth-order valence-corrected chi connectivity index (χ4v) is 3.57. The summed E-state index contributed by atoms with van der Waals surface area (Å²) in [5.74, 6) is -1.04. The van der Waals surface area contributed by atoms with E-state index in [1.165, 1.54) is 0 Å². The second kappa shape index (κ2) is 8.41. The number of nitrogens with one attached hydrogen (secondary N) is 1. The highest BCUT2D eigenvalue weighted by Gasteiger charge is 2.13. The minimum atomic E-state index is -0.600. The van der Waals surface area contributed by atoms with E-state index in [-0.39, 0.29) is 6.61 Å². The Balaban J connectivity index is 1.94. The van der Waals surface area contributed by atoms with Crippen LogP contribution < -0.4 is 5.32 Å². The number of benzene rings is 2. The summed E-state index contributed by atoms with van der Waals surface area (Å²) in [6.07, 6.45) is 0. The van der Waals surface area contributed by atoms with E-state index in [0.717, 1.165) is 14.5 Å². The first kappa shape index (κ1) is 18.6. The van der Waals surface area contributed by atoms with Crippen LogP contribution in [0.3, 0.4) is 0 Å². The SMILES string of the molecule is Cc1cc(Br)c(NC(=O)COC(=O)c2ccc(CO)cc2)c(Br)c1. The van der Waals surface area contributed by atoms with E-state index in [4.69, 9.17) is 9.84 Å². The van der Waals surface area contributed by atoms with E-state index in [1.807, 2.05) is 19.1 Å². The van der Waals surface area contributed by atoms with Gasteiger partial charge in [0.15, 0.2) is 6.61 Å². The minimum Gasteiger partial charge on any atom is -0.452 e. The van der Waals surface area contributed by atoms with Crippen LogP contribution in [-0.4, -0.2) is 23.6 Å². The van der Waals surface area contributed by atoms with Gasteiger partial charge in [0.2, 0.25) is 0 Å². The van der Waals surface area contributed by atoms with E-state index >= 15 is 0 Å². The molecule has 0 aliphatic heterocycles. The average molecular weight is 457 g/mol. The normalized spacial score (nSPS) is 10.3. The first-order valence-corrected chi connectivity index (χ1v) is 8.61. The van der Waals surface area contributed by atoms with E-state index in [2.05, 4.69) is 37.2 Å². The van der Waals surface area contributed by atoms with Crippen LogP contribution in [0.15, 0.2) is 45.3 Å². The molecule has 0 radical (unpaired) electrons. The lowest BCUT2D eigenvalue weighted by atomic mass is 10.1. The molecule has 7 heteroatoms. The van der Waals surface area contributed by atoms with Crippen LogP contribution in [0.25, 0.3) is 0 Å². The lowest BCUT2D eigenvalue weighted by Crippen LogP contribution is -2.21. The molecule has 0 unspecified atom stereocenters. The zero-order valence-corrected chi connectivity index (χ0v) is 16.0. The molecule has 0 atom stereocenters. The largest absolute Gasteiger partial charge is 0.452 e. The first-order chi connectivity index (χ1) is 11.4. The van der Waals surface area contributed by atoms with E-state index in [1.54, 1.807) is 24.3 Å².